The number of amides is 1. The largest absolute Gasteiger partial charge is 0.473 e. The summed E-state index contributed by atoms with van der Waals surface area (Å²) in [6, 6.07) is 15.6. The van der Waals surface area contributed by atoms with Gasteiger partial charge in [-0.15, -0.1) is 5.10 Å². The van der Waals surface area contributed by atoms with Crippen LogP contribution in [0.3, 0.4) is 0 Å². The van der Waals surface area contributed by atoms with Gasteiger partial charge in [-0.1, -0.05) is 18.2 Å². The predicted octanol–water partition coefficient (Wildman–Crippen LogP) is 2.43. The topological polar surface area (TPSA) is 71.3 Å². The Bertz CT molecular complexity index is 1160. The Morgan fingerprint density at radius 2 is 1.82 bits per heavy atom. The quantitative estimate of drug-likeness (QED) is 0.608. The lowest BCUT2D eigenvalue weighted by molar-refractivity contribution is -0.119. The van der Waals surface area contributed by atoms with E-state index in [0.717, 1.165) is 56.0 Å². The lowest BCUT2D eigenvalue weighted by Gasteiger charge is -2.43. The summed E-state index contributed by atoms with van der Waals surface area (Å²) in [7, 11) is 0. The van der Waals surface area contributed by atoms with E-state index in [-0.39, 0.29) is 17.9 Å². The first-order valence-corrected chi connectivity index (χ1v) is 12.2. The van der Waals surface area contributed by atoms with Crippen LogP contribution in [0.15, 0.2) is 48.7 Å². The maximum absolute atomic E-state index is 11.5. The number of benzene rings is 1. The molecule has 6 rings (SSSR count). The molecule has 1 amide bonds. The van der Waals surface area contributed by atoms with Crippen molar-refractivity contribution in [3.8, 4) is 17.0 Å². The summed E-state index contributed by atoms with van der Waals surface area (Å²) in [6.45, 7) is 8.76. The number of pyridine rings is 1. The maximum Gasteiger partial charge on any atom is 0.234 e. The molecule has 0 unspecified atom stereocenters. The van der Waals surface area contributed by atoms with Gasteiger partial charge in [0.15, 0.2) is 0 Å². The molecule has 0 saturated carbocycles. The van der Waals surface area contributed by atoms with E-state index in [9.17, 15) is 4.79 Å². The first-order valence-electron chi connectivity index (χ1n) is 12.2. The Labute approximate surface area is 199 Å². The van der Waals surface area contributed by atoms with Crippen LogP contribution in [-0.2, 0) is 9.53 Å². The molecule has 1 aromatic carbocycles. The lowest BCUT2D eigenvalue weighted by atomic mass is 10.0. The van der Waals surface area contributed by atoms with Crippen molar-refractivity contribution in [2.24, 2.45) is 5.92 Å². The van der Waals surface area contributed by atoms with Gasteiger partial charge in [0.25, 0.3) is 0 Å². The Morgan fingerprint density at radius 1 is 1.06 bits per heavy atom. The fraction of sp³-hybridized carbons (Fsp3) is 0.462. The third-order valence-electron chi connectivity index (χ3n) is 7.43. The molecular formula is C26H31N5O3. The fourth-order valence-corrected chi connectivity index (χ4v) is 5.08. The highest BCUT2D eigenvalue weighted by molar-refractivity contribution is 5.78. The molecule has 3 aliphatic rings. The standard InChI is InChI=1S/C26H31N5O3/c1-18(21-12-25(32)27-14-21)34-26-13-23-7-4-20(15-31(23)28-26)19-2-5-22(6-3-19)29-8-10-30(11-9-29)24-16-33-17-24/h2-7,13,15,18,21,24H,8-12,14,16-17H2,1H3,(H,27,32)/t18-,21-/m1/s1. The predicted molar refractivity (Wildman–Crippen MR) is 130 cm³/mol. The SMILES string of the molecule is C[C@@H](Oc1cc2ccc(-c3ccc(N4CCN(C5COC5)CC4)cc3)cn2n1)[C@H]1CNC(=O)C1. The second-order valence-electron chi connectivity index (χ2n) is 9.62. The summed E-state index contributed by atoms with van der Waals surface area (Å²) in [6.07, 6.45) is 2.49. The molecule has 8 nitrogen and oxygen atoms in total. The smallest absolute Gasteiger partial charge is 0.234 e. The number of ether oxygens (including phenoxy) is 2. The van der Waals surface area contributed by atoms with Crippen molar-refractivity contribution in [2.75, 3.05) is 50.8 Å². The van der Waals surface area contributed by atoms with E-state index >= 15 is 0 Å². The van der Waals surface area contributed by atoms with Crippen LogP contribution in [0.1, 0.15) is 13.3 Å². The molecule has 0 spiro atoms. The molecule has 0 aliphatic carbocycles. The Kier molecular flexibility index (Phi) is 5.63. The van der Waals surface area contributed by atoms with Crippen LogP contribution in [0.2, 0.25) is 0 Å². The zero-order chi connectivity index (χ0) is 23.1. The van der Waals surface area contributed by atoms with Crippen LogP contribution < -0.4 is 15.0 Å². The third kappa shape index (κ3) is 4.23. The third-order valence-corrected chi connectivity index (χ3v) is 7.43. The van der Waals surface area contributed by atoms with E-state index in [2.05, 4.69) is 56.6 Å². The van der Waals surface area contributed by atoms with E-state index in [4.69, 9.17) is 9.47 Å². The van der Waals surface area contributed by atoms with Gasteiger partial charge in [0.05, 0.1) is 24.8 Å². The van der Waals surface area contributed by atoms with E-state index in [1.165, 1.54) is 5.69 Å². The number of nitrogens with one attached hydrogen (secondary N) is 1. The molecule has 5 heterocycles. The van der Waals surface area contributed by atoms with E-state index in [1.807, 2.05) is 23.7 Å². The molecule has 178 valence electrons. The molecule has 3 aliphatic heterocycles. The summed E-state index contributed by atoms with van der Waals surface area (Å²) in [5, 5.41) is 7.49. The van der Waals surface area contributed by atoms with Gasteiger partial charge in [0.2, 0.25) is 11.8 Å². The minimum atomic E-state index is -0.0696. The number of carbonyl (C=O) groups is 1. The molecular weight excluding hydrogens is 430 g/mol. The van der Waals surface area contributed by atoms with Crippen molar-refractivity contribution in [3.05, 3.63) is 48.7 Å². The van der Waals surface area contributed by atoms with E-state index < -0.39 is 0 Å². The summed E-state index contributed by atoms with van der Waals surface area (Å²) in [4.78, 5) is 16.5. The van der Waals surface area contributed by atoms with Gasteiger partial charge < -0.3 is 19.7 Å². The lowest BCUT2D eigenvalue weighted by Crippen LogP contribution is -2.56. The number of aromatic nitrogens is 2. The van der Waals surface area contributed by atoms with Crippen molar-refractivity contribution in [1.82, 2.24) is 19.8 Å². The zero-order valence-electron chi connectivity index (χ0n) is 19.5. The molecule has 0 bridgehead atoms. The van der Waals surface area contributed by atoms with E-state index in [0.29, 0.717) is 24.9 Å². The summed E-state index contributed by atoms with van der Waals surface area (Å²) >= 11 is 0. The first-order chi connectivity index (χ1) is 16.6. The second kappa shape index (κ2) is 8.92. The van der Waals surface area contributed by atoms with Gasteiger partial charge in [0.1, 0.15) is 6.10 Å². The Morgan fingerprint density at radius 3 is 2.50 bits per heavy atom. The van der Waals surface area contributed by atoms with Gasteiger partial charge in [-0.05, 0) is 30.7 Å². The maximum atomic E-state index is 11.5. The number of hydrogen-bond acceptors (Lipinski definition) is 6. The monoisotopic (exact) mass is 461 g/mol. The molecule has 0 radical (unpaired) electrons. The number of carbonyl (C=O) groups excluding carboxylic acids is 1. The number of rotatable bonds is 6. The minimum absolute atomic E-state index is 0.0696. The Hall–Kier alpha value is -3.10. The highest BCUT2D eigenvalue weighted by atomic mass is 16.5. The van der Waals surface area contributed by atoms with Crippen LogP contribution in [-0.4, -0.2) is 78.5 Å². The normalized spacial score (nSPS) is 22.6. The highest BCUT2D eigenvalue weighted by Gasteiger charge is 2.29. The van der Waals surface area contributed by atoms with Crippen molar-refractivity contribution in [2.45, 2.75) is 25.5 Å². The molecule has 3 saturated heterocycles. The van der Waals surface area contributed by atoms with Crippen molar-refractivity contribution in [1.29, 1.82) is 0 Å². The second-order valence-corrected chi connectivity index (χ2v) is 9.62. The molecule has 2 aromatic heterocycles. The molecule has 8 heteroatoms. The number of nitrogens with zero attached hydrogens (tertiary/aromatic N) is 4. The molecule has 2 atom stereocenters. The van der Waals surface area contributed by atoms with Crippen LogP contribution in [0.25, 0.3) is 16.6 Å². The first kappa shape index (κ1) is 21.4. The van der Waals surface area contributed by atoms with Gasteiger partial charge in [0, 0.05) is 68.6 Å². The summed E-state index contributed by atoms with van der Waals surface area (Å²) < 4.78 is 13.3. The number of hydrogen-bond donors (Lipinski definition) is 1. The molecule has 3 fully saturated rings. The van der Waals surface area contributed by atoms with Gasteiger partial charge in [-0.25, -0.2) is 4.52 Å². The van der Waals surface area contributed by atoms with Crippen LogP contribution in [0.4, 0.5) is 5.69 Å². The van der Waals surface area contributed by atoms with Crippen molar-refractivity contribution >= 4 is 17.1 Å². The number of anilines is 1. The zero-order valence-corrected chi connectivity index (χ0v) is 19.5. The van der Waals surface area contributed by atoms with Crippen molar-refractivity contribution in [3.63, 3.8) is 0 Å². The van der Waals surface area contributed by atoms with E-state index in [1.54, 1.807) is 0 Å². The Balaban J connectivity index is 1.11. The summed E-state index contributed by atoms with van der Waals surface area (Å²) in [5.74, 6) is 0.866. The molecule has 3 aromatic rings. The average Bonchev–Trinajstić information content (AvgIpc) is 3.43. The number of piperazine rings is 1. The van der Waals surface area contributed by atoms with Crippen LogP contribution in [0, 0.1) is 5.92 Å². The minimum Gasteiger partial charge on any atom is -0.473 e. The summed E-state index contributed by atoms with van der Waals surface area (Å²) in [5.41, 5.74) is 4.54. The van der Waals surface area contributed by atoms with Gasteiger partial charge >= 0.3 is 0 Å². The fourth-order valence-electron chi connectivity index (χ4n) is 5.08. The van der Waals surface area contributed by atoms with Gasteiger partial charge in [-0.3, -0.25) is 9.69 Å². The van der Waals surface area contributed by atoms with Crippen LogP contribution in [0.5, 0.6) is 5.88 Å². The van der Waals surface area contributed by atoms with Crippen molar-refractivity contribution < 1.29 is 14.3 Å². The van der Waals surface area contributed by atoms with Gasteiger partial charge in [-0.2, -0.15) is 0 Å². The molecule has 1 N–H and O–H groups in total. The average molecular weight is 462 g/mol. The van der Waals surface area contributed by atoms with Crippen LogP contribution >= 0.6 is 0 Å². The highest BCUT2D eigenvalue weighted by Crippen LogP contribution is 2.27. The number of fused-ring (bicyclic) bond motifs is 1. The molecule has 34 heavy (non-hydrogen) atoms.